The normalized spacial score (nSPS) is 14.8. The Bertz CT molecular complexity index is 608. The average Bonchev–Trinajstić information content (AvgIpc) is 3.07. The van der Waals surface area contributed by atoms with Crippen LogP contribution in [0.5, 0.6) is 0 Å². The van der Waals surface area contributed by atoms with E-state index in [4.69, 9.17) is 5.73 Å². The summed E-state index contributed by atoms with van der Waals surface area (Å²) < 4.78 is 0. The zero-order valence-corrected chi connectivity index (χ0v) is 10.9. The second kappa shape index (κ2) is 5.98. The first kappa shape index (κ1) is 16.7. The first-order valence-electron chi connectivity index (χ1n) is 5.67. The number of aliphatic carboxylic acids is 1. The Morgan fingerprint density at radius 3 is 2.30 bits per heavy atom. The molecular formula is C13H15LiN2O3S. The van der Waals surface area contributed by atoms with Crippen molar-refractivity contribution in [1.29, 1.82) is 0 Å². The standard InChI is InChI=1S/C13H12N2O2S.Li.H2O.H/c14-12-15-10(7-18-12)8-1-3-9(4-2-8)13(5-6-13)11(16)17;;;/h1-4,7H,5-6H2,(H2,14,15)(H,16,17);;1H2;. The molecule has 20 heavy (non-hydrogen) atoms. The Hall–Kier alpha value is -1.32. The van der Waals surface area contributed by atoms with E-state index in [-0.39, 0.29) is 24.3 Å². The molecule has 1 saturated carbocycles. The van der Waals surface area contributed by atoms with Crippen molar-refractivity contribution in [1.82, 2.24) is 4.98 Å². The maximum absolute atomic E-state index is 11.2. The van der Waals surface area contributed by atoms with E-state index in [0.717, 1.165) is 29.7 Å². The second-order valence-electron chi connectivity index (χ2n) is 4.54. The molecular weight excluding hydrogens is 271 g/mol. The van der Waals surface area contributed by atoms with Gasteiger partial charge in [-0.3, -0.25) is 4.79 Å². The molecule has 1 aliphatic carbocycles. The quantitative estimate of drug-likeness (QED) is 0.821. The predicted octanol–water partition coefficient (Wildman–Crippen LogP) is 1.04. The molecule has 1 fully saturated rings. The second-order valence-corrected chi connectivity index (χ2v) is 5.43. The fourth-order valence-electron chi connectivity index (χ4n) is 2.13. The molecule has 7 heteroatoms. The van der Waals surface area contributed by atoms with E-state index in [0.29, 0.717) is 5.13 Å². The Kier molecular flexibility index (Phi) is 5.00. The molecule has 0 radical (unpaired) electrons. The SMILES string of the molecule is Nc1nc(-c2ccc(C3(C(=O)O)CC3)cc2)cs1.O.[LiH]. The Balaban J connectivity index is 0.000001000. The topological polar surface area (TPSA) is 108 Å². The van der Waals surface area contributed by atoms with E-state index in [2.05, 4.69) is 4.98 Å². The molecule has 0 unspecified atom stereocenters. The van der Waals surface area contributed by atoms with Gasteiger partial charge in [0.05, 0.1) is 11.1 Å². The van der Waals surface area contributed by atoms with Gasteiger partial charge in [0, 0.05) is 10.9 Å². The van der Waals surface area contributed by atoms with E-state index < -0.39 is 11.4 Å². The van der Waals surface area contributed by atoms with Gasteiger partial charge in [0.1, 0.15) is 0 Å². The van der Waals surface area contributed by atoms with Gasteiger partial charge in [-0.2, -0.15) is 0 Å². The molecule has 1 aliphatic rings. The molecule has 102 valence electrons. The van der Waals surface area contributed by atoms with Gasteiger partial charge in [0.15, 0.2) is 5.13 Å². The van der Waals surface area contributed by atoms with Crippen LogP contribution in [0.4, 0.5) is 5.13 Å². The van der Waals surface area contributed by atoms with Gasteiger partial charge in [-0.25, -0.2) is 4.98 Å². The van der Waals surface area contributed by atoms with E-state index in [1.54, 1.807) is 0 Å². The van der Waals surface area contributed by atoms with Gasteiger partial charge in [-0.1, -0.05) is 24.3 Å². The summed E-state index contributed by atoms with van der Waals surface area (Å²) in [5.41, 5.74) is 7.63. The summed E-state index contributed by atoms with van der Waals surface area (Å²) >= 11 is 1.40. The van der Waals surface area contributed by atoms with E-state index >= 15 is 0 Å². The Labute approximate surface area is 132 Å². The van der Waals surface area contributed by atoms with E-state index in [1.807, 2.05) is 29.6 Å². The van der Waals surface area contributed by atoms with E-state index in [1.165, 1.54) is 11.3 Å². The van der Waals surface area contributed by atoms with Crippen LogP contribution in [0, 0.1) is 0 Å². The molecule has 0 amide bonds. The van der Waals surface area contributed by atoms with E-state index in [9.17, 15) is 9.90 Å². The number of aromatic nitrogens is 1. The number of carbonyl (C=O) groups is 1. The third-order valence-electron chi connectivity index (χ3n) is 3.41. The van der Waals surface area contributed by atoms with Crippen molar-refractivity contribution < 1.29 is 15.4 Å². The van der Waals surface area contributed by atoms with Crippen LogP contribution >= 0.6 is 11.3 Å². The number of hydrogen-bond acceptors (Lipinski definition) is 4. The number of anilines is 1. The van der Waals surface area contributed by atoms with Gasteiger partial charge in [-0.15, -0.1) is 11.3 Å². The number of thiazole rings is 1. The summed E-state index contributed by atoms with van der Waals surface area (Å²) in [5.74, 6) is -0.729. The number of carboxylic acids is 1. The Morgan fingerprint density at radius 2 is 1.90 bits per heavy atom. The van der Waals surface area contributed by atoms with Crippen LogP contribution in [0.25, 0.3) is 11.3 Å². The number of nitrogens with zero attached hydrogens (tertiary/aromatic N) is 1. The minimum absolute atomic E-state index is 0. The monoisotopic (exact) mass is 286 g/mol. The van der Waals surface area contributed by atoms with Crippen LogP contribution < -0.4 is 5.73 Å². The first-order chi connectivity index (χ1) is 8.62. The van der Waals surface area contributed by atoms with Crippen molar-refractivity contribution in [3.05, 3.63) is 35.2 Å². The van der Waals surface area contributed by atoms with Crippen molar-refractivity contribution in [3.8, 4) is 11.3 Å². The number of hydrogen-bond donors (Lipinski definition) is 2. The summed E-state index contributed by atoms with van der Waals surface area (Å²) in [5, 5.41) is 11.7. The summed E-state index contributed by atoms with van der Waals surface area (Å²) in [4.78, 5) is 15.4. The van der Waals surface area contributed by atoms with Gasteiger partial charge in [0.25, 0.3) is 0 Å². The first-order valence-corrected chi connectivity index (χ1v) is 6.55. The predicted molar refractivity (Wildman–Crippen MR) is 81.3 cm³/mol. The van der Waals surface area contributed by atoms with Crippen LogP contribution in [0.15, 0.2) is 29.6 Å². The van der Waals surface area contributed by atoms with Crippen molar-refractivity contribution in [2.45, 2.75) is 18.3 Å². The number of carboxylic acid groups (broad SMARTS) is 1. The summed E-state index contributed by atoms with van der Waals surface area (Å²) in [6.07, 6.45) is 1.46. The molecule has 2 aromatic rings. The van der Waals surface area contributed by atoms with Gasteiger partial charge < -0.3 is 16.3 Å². The molecule has 1 aromatic heterocycles. The zero-order chi connectivity index (χ0) is 12.8. The molecule has 0 saturated heterocycles. The van der Waals surface area contributed by atoms with Crippen molar-refractivity contribution in [3.63, 3.8) is 0 Å². The number of nitrogens with two attached hydrogens (primary N) is 1. The molecule has 1 aromatic carbocycles. The summed E-state index contributed by atoms with van der Waals surface area (Å²) in [6.45, 7) is 0. The number of rotatable bonds is 3. The third kappa shape index (κ3) is 2.74. The third-order valence-corrected chi connectivity index (χ3v) is 4.09. The van der Waals surface area contributed by atoms with Gasteiger partial charge in [-0.05, 0) is 18.4 Å². The van der Waals surface area contributed by atoms with Crippen molar-refractivity contribution >= 4 is 41.3 Å². The number of benzene rings is 1. The van der Waals surface area contributed by atoms with Crippen LogP contribution in [0.3, 0.4) is 0 Å². The Morgan fingerprint density at radius 1 is 1.30 bits per heavy atom. The molecule has 0 aliphatic heterocycles. The molecule has 3 rings (SSSR count). The molecule has 0 spiro atoms. The zero-order valence-electron chi connectivity index (χ0n) is 10.1. The van der Waals surface area contributed by atoms with Crippen LogP contribution in [-0.2, 0) is 10.2 Å². The summed E-state index contributed by atoms with van der Waals surface area (Å²) in [6, 6.07) is 7.58. The van der Waals surface area contributed by atoms with Crippen molar-refractivity contribution in [2.75, 3.05) is 5.73 Å². The van der Waals surface area contributed by atoms with Crippen LogP contribution in [-0.4, -0.2) is 40.4 Å². The van der Waals surface area contributed by atoms with Crippen molar-refractivity contribution in [2.24, 2.45) is 0 Å². The van der Waals surface area contributed by atoms with Crippen LogP contribution in [0.1, 0.15) is 18.4 Å². The number of nitrogen functional groups attached to an aromatic ring is 1. The molecule has 0 atom stereocenters. The minimum atomic E-state index is -0.729. The van der Waals surface area contributed by atoms with Gasteiger partial charge >= 0.3 is 24.8 Å². The fraction of sp³-hybridized carbons (Fsp3) is 0.231. The molecule has 0 bridgehead atoms. The molecule has 5 N–H and O–H groups in total. The average molecular weight is 286 g/mol. The molecule has 1 heterocycles. The van der Waals surface area contributed by atoms with Crippen LogP contribution in [0.2, 0.25) is 0 Å². The molecule has 5 nitrogen and oxygen atoms in total. The maximum atomic E-state index is 11.2. The summed E-state index contributed by atoms with van der Waals surface area (Å²) in [7, 11) is 0. The fourth-order valence-corrected chi connectivity index (χ4v) is 2.70. The van der Waals surface area contributed by atoms with Gasteiger partial charge in [0.2, 0.25) is 0 Å².